The Hall–Kier alpha value is -4.13. The molecule has 12 nitrogen and oxygen atoms in total. The number of likely N-dealkylation sites (N-methyl/N-ethyl adjacent to an activating group) is 1. The van der Waals surface area contributed by atoms with Crippen LogP contribution in [0, 0.1) is 5.92 Å². The minimum atomic E-state index is -1.97. The molecule has 1 aromatic carbocycles. The van der Waals surface area contributed by atoms with Gasteiger partial charge in [0.25, 0.3) is 17.8 Å². The van der Waals surface area contributed by atoms with E-state index in [1.54, 1.807) is 0 Å². The van der Waals surface area contributed by atoms with Crippen LogP contribution >= 0.6 is 0 Å². The van der Waals surface area contributed by atoms with Crippen LogP contribution in [0.25, 0.3) is 0 Å². The molecule has 2 heterocycles. The van der Waals surface area contributed by atoms with Crippen molar-refractivity contribution >= 4 is 36.7 Å². The first-order chi connectivity index (χ1) is 19.4. The van der Waals surface area contributed by atoms with Crippen molar-refractivity contribution in [3.8, 4) is 0 Å². The molecule has 1 aromatic heterocycles. The Morgan fingerprint density at radius 3 is 2.44 bits per heavy atom. The number of hydrogen-bond donors (Lipinski definition) is 2. The number of nitrogens with one attached hydrogen (secondary N) is 1. The van der Waals surface area contributed by atoms with E-state index < -0.39 is 61.2 Å². The van der Waals surface area contributed by atoms with Crippen LogP contribution in [0.4, 0.5) is 0 Å². The molecule has 2 N–H and O–H groups in total. The van der Waals surface area contributed by atoms with Gasteiger partial charge in [-0.15, -0.1) is 0 Å². The predicted molar refractivity (Wildman–Crippen MR) is 147 cm³/mol. The zero-order valence-corrected chi connectivity index (χ0v) is 23.6. The Kier molecular flexibility index (Phi) is 10.7. The summed E-state index contributed by atoms with van der Waals surface area (Å²) in [7, 11) is 1.53. The van der Waals surface area contributed by atoms with Gasteiger partial charge in [-0.2, -0.15) is 0 Å². The van der Waals surface area contributed by atoms with E-state index in [0.717, 1.165) is 5.56 Å². The van der Waals surface area contributed by atoms with Crippen LogP contribution in [0.2, 0.25) is 5.82 Å². The van der Waals surface area contributed by atoms with E-state index in [1.165, 1.54) is 37.6 Å². The number of hydrogen-bond acceptors (Lipinski definition) is 9. The number of carboxylic acids is 1. The minimum Gasteiger partial charge on any atom is -0.509 e. The molecule has 1 saturated heterocycles. The lowest BCUT2D eigenvalue weighted by Gasteiger charge is -2.40. The zero-order valence-electron chi connectivity index (χ0n) is 23.6. The van der Waals surface area contributed by atoms with Gasteiger partial charge in [0, 0.05) is 38.7 Å². The highest BCUT2D eigenvalue weighted by Crippen LogP contribution is 2.37. The Morgan fingerprint density at radius 1 is 1.15 bits per heavy atom. The van der Waals surface area contributed by atoms with E-state index in [0.29, 0.717) is 6.42 Å². The number of ketones is 1. The second-order valence-corrected chi connectivity index (χ2v) is 10.8. The second kappa shape index (κ2) is 14.0. The van der Waals surface area contributed by atoms with Crippen LogP contribution in [0.3, 0.4) is 0 Å². The van der Waals surface area contributed by atoms with Crippen molar-refractivity contribution < 1.29 is 38.4 Å². The van der Waals surface area contributed by atoms with Crippen LogP contribution in [0.15, 0.2) is 48.9 Å². The third kappa shape index (κ3) is 8.68. The van der Waals surface area contributed by atoms with Crippen molar-refractivity contribution in [1.29, 1.82) is 0 Å². The summed E-state index contributed by atoms with van der Waals surface area (Å²) in [5, 5.41) is 12.3. The smallest absolute Gasteiger partial charge is 0.509 e. The van der Waals surface area contributed by atoms with Gasteiger partial charge in [0.05, 0.1) is 25.1 Å². The SMILES string of the molecule is CC(C)C[C@H](CC(=O)[C@H](Cc1ccccc1)NC(=O)c1cnccn1)B1OC(=O)C[C@@](CC(=O)O)(C(=O)N(C)C)O1. The minimum absolute atomic E-state index is 0.0252. The summed E-state index contributed by atoms with van der Waals surface area (Å²) < 4.78 is 11.5. The van der Waals surface area contributed by atoms with Gasteiger partial charge in [-0.05, 0) is 24.3 Å². The summed E-state index contributed by atoms with van der Waals surface area (Å²) in [5.74, 6) is -4.43. The monoisotopic (exact) mass is 566 g/mol. The van der Waals surface area contributed by atoms with Crippen LogP contribution in [-0.2, 0) is 34.9 Å². The van der Waals surface area contributed by atoms with E-state index in [9.17, 15) is 29.1 Å². The first kappa shape index (κ1) is 31.4. The van der Waals surface area contributed by atoms with Gasteiger partial charge in [-0.3, -0.25) is 29.0 Å². The van der Waals surface area contributed by atoms with E-state index >= 15 is 0 Å². The summed E-state index contributed by atoms with van der Waals surface area (Å²) in [6.07, 6.45) is 3.15. The molecule has 41 heavy (non-hydrogen) atoms. The molecule has 0 aliphatic carbocycles. The van der Waals surface area contributed by atoms with Crippen molar-refractivity contribution in [1.82, 2.24) is 20.2 Å². The standard InChI is InChI=1S/C28H35BN4O8/c1-18(2)12-20(29-40-25(37)16-28(41-29,15-24(35)36)27(39)33(3)4)14-23(34)21(13-19-8-6-5-7-9-19)32-26(38)22-17-30-10-11-31-22/h5-11,17-18,20-21H,12-16H2,1-4H3,(H,32,38)(H,35,36)/t20-,21+,28+/m1/s1. The lowest BCUT2D eigenvalue weighted by atomic mass is 9.63. The predicted octanol–water partition coefficient (Wildman–Crippen LogP) is 1.95. The second-order valence-electron chi connectivity index (χ2n) is 10.8. The van der Waals surface area contributed by atoms with Gasteiger partial charge >= 0.3 is 13.1 Å². The molecule has 3 atom stereocenters. The Morgan fingerprint density at radius 2 is 1.85 bits per heavy atom. The first-order valence-corrected chi connectivity index (χ1v) is 13.3. The van der Waals surface area contributed by atoms with Crippen LogP contribution < -0.4 is 5.32 Å². The molecule has 1 aliphatic heterocycles. The quantitative estimate of drug-likeness (QED) is 0.342. The maximum Gasteiger partial charge on any atom is 0.531 e. The van der Waals surface area contributed by atoms with Crippen molar-refractivity contribution in [2.75, 3.05) is 14.1 Å². The number of carbonyl (C=O) groups is 5. The van der Waals surface area contributed by atoms with Crippen LogP contribution in [0.5, 0.6) is 0 Å². The molecule has 3 rings (SSSR count). The largest absolute Gasteiger partial charge is 0.531 e. The summed E-state index contributed by atoms with van der Waals surface area (Å²) in [6.45, 7) is 3.82. The molecule has 1 aliphatic rings. The number of rotatable bonds is 13. The highest BCUT2D eigenvalue weighted by Gasteiger charge is 2.54. The summed E-state index contributed by atoms with van der Waals surface area (Å²) in [5.41, 5.74) is -1.12. The Labute approximate surface area is 239 Å². The van der Waals surface area contributed by atoms with Crippen LogP contribution in [0.1, 0.15) is 55.6 Å². The van der Waals surface area contributed by atoms with Gasteiger partial charge in [0.2, 0.25) is 0 Å². The van der Waals surface area contributed by atoms with Crippen LogP contribution in [-0.4, -0.2) is 82.4 Å². The molecule has 0 radical (unpaired) electrons. The maximum atomic E-state index is 13.8. The van der Waals surface area contributed by atoms with Crippen molar-refractivity contribution in [3.05, 3.63) is 60.2 Å². The lowest BCUT2D eigenvalue weighted by Crippen LogP contribution is -2.59. The van der Waals surface area contributed by atoms with Gasteiger partial charge in [0.1, 0.15) is 5.69 Å². The average Bonchev–Trinajstić information content (AvgIpc) is 2.91. The van der Waals surface area contributed by atoms with Gasteiger partial charge < -0.3 is 24.6 Å². The highest BCUT2D eigenvalue weighted by molar-refractivity contribution is 6.50. The molecule has 0 spiro atoms. The molecule has 1 fully saturated rings. The summed E-state index contributed by atoms with van der Waals surface area (Å²) >= 11 is 0. The summed E-state index contributed by atoms with van der Waals surface area (Å²) in [6, 6.07) is 8.18. The molecule has 218 valence electrons. The topological polar surface area (TPSA) is 165 Å². The molecular weight excluding hydrogens is 531 g/mol. The third-order valence-corrected chi connectivity index (χ3v) is 6.65. The van der Waals surface area contributed by atoms with Crippen molar-refractivity contribution in [2.45, 2.75) is 63.4 Å². The fraction of sp³-hybridized carbons (Fsp3) is 0.464. The van der Waals surface area contributed by atoms with Gasteiger partial charge in [-0.1, -0.05) is 44.2 Å². The molecule has 2 aromatic rings. The number of carbonyl (C=O) groups excluding carboxylic acids is 4. The van der Waals surface area contributed by atoms with Gasteiger partial charge in [-0.25, -0.2) is 4.98 Å². The summed E-state index contributed by atoms with van der Waals surface area (Å²) in [4.78, 5) is 73.3. The van der Waals surface area contributed by atoms with E-state index in [1.807, 2.05) is 44.2 Å². The van der Waals surface area contributed by atoms with E-state index in [2.05, 4.69) is 15.3 Å². The Balaban J connectivity index is 1.90. The van der Waals surface area contributed by atoms with Gasteiger partial charge in [0.15, 0.2) is 11.4 Å². The number of nitrogens with zero attached hydrogens (tertiary/aromatic N) is 3. The fourth-order valence-corrected chi connectivity index (χ4v) is 4.88. The normalized spacial score (nSPS) is 18.3. The maximum absolute atomic E-state index is 13.8. The first-order valence-electron chi connectivity index (χ1n) is 13.3. The molecule has 2 amide bonds. The number of benzene rings is 1. The molecular formula is C28H35BN4O8. The number of aliphatic carboxylic acids is 1. The fourth-order valence-electron chi connectivity index (χ4n) is 4.88. The lowest BCUT2D eigenvalue weighted by molar-refractivity contribution is -0.169. The number of amides is 2. The molecule has 13 heteroatoms. The molecule has 0 saturated carbocycles. The highest BCUT2D eigenvalue weighted by atomic mass is 16.6. The molecule has 0 unspecified atom stereocenters. The van der Waals surface area contributed by atoms with E-state index in [-0.39, 0.29) is 30.2 Å². The number of aromatic nitrogens is 2. The average molecular weight is 566 g/mol. The third-order valence-electron chi connectivity index (χ3n) is 6.65. The molecule has 0 bridgehead atoms. The zero-order chi connectivity index (χ0) is 30.2. The van der Waals surface area contributed by atoms with Crippen molar-refractivity contribution in [2.24, 2.45) is 5.92 Å². The van der Waals surface area contributed by atoms with Crippen molar-refractivity contribution in [3.63, 3.8) is 0 Å². The number of Topliss-reactive ketones (excluding diaryl/α,β-unsaturated/α-hetero) is 1. The number of carboxylic acid groups (broad SMARTS) is 1. The van der Waals surface area contributed by atoms with E-state index in [4.69, 9.17) is 9.31 Å². The Bertz CT molecular complexity index is 1240.